The summed E-state index contributed by atoms with van der Waals surface area (Å²) in [6, 6.07) is 0.326. The van der Waals surface area contributed by atoms with Crippen LogP contribution in [-0.4, -0.2) is 6.04 Å². The number of rotatable bonds is 3. The van der Waals surface area contributed by atoms with Gasteiger partial charge in [0, 0.05) is 6.04 Å². The molecule has 0 aromatic heterocycles. The molecule has 0 aromatic carbocycles. The summed E-state index contributed by atoms with van der Waals surface area (Å²) in [6.07, 6.45) is 2.13. The second kappa shape index (κ2) is 3.67. The van der Waals surface area contributed by atoms with Crippen LogP contribution in [-0.2, 0) is 0 Å². The molecule has 0 aliphatic carbocycles. The zero-order chi connectivity index (χ0) is 6.57. The molecule has 0 aromatic rings. The molecule has 0 unspecified atom stereocenters. The Kier molecular flexibility index (Phi) is 3.53. The van der Waals surface area contributed by atoms with Gasteiger partial charge in [-0.15, -0.1) is 6.58 Å². The van der Waals surface area contributed by atoms with Gasteiger partial charge >= 0.3 is 0 Å². The summed E-state index contributed by atoms with van der Waals surface area (Å²) in [6.45, 7) is 7.82. The third kappa shape index (κ3) is 5.70. The van der Waals surface area contributed by atoms with Crippen molar-refractivity contribution in [2.75, 3.05) is 0 Å². The summed E-state index contributed by atoms with van der Waals surface area (Å²) < 4.78 is 0. The van der Waals surface area contributed by atoms with E-state index in [4.69, 9.17) is 5.73 Å². The zero-order valence-electron chi connectivity index (χ0n) is 5.78. The molecule has 0 saturated heterocycles. The van der Waals surface area contributed by atoms with Crippen molar-refractivity contribution in [3.05, 3.63) is 12.2 Å². The molecule has 0 spiro atoms. The van der Waals surface area contributed by atoms with Crippen molar-refractivity contribution in [1.29, 1.82) is 0 Å². The molecule has 0 aliphatic heterocycles. The summed E-state index contributed by atoms with van der Waals surface area (Å²) >= 11 is 0. The summed E-state index contributed by atoms with van der Waals surface area (Å²) in [5.74, 6) is 0. The van der Waals surface area contributed by atoms with E-state index in [-0.39, 0.29) is 0 Å². The average Bonchev–Trinajstić information content (AvgIpc) is 1.61. The molecule has 0 bridgehead atoms. The fourth-order valence-corrected chi connectivity index (χ4v) is 0.474. The summed E-state index contributed by atoms with van der Waals surface area (Å²) in [4.78, 5) is 0. The van der Waals surface area contributed by atoms with Crippen LogP contribution < -0.4 is 5.73 Å². The Labute approximate surface area is 51.6 Å². The molecular formula is C7H15N. The number of hydrogen-bond acceptors (Lipinski definition) is 1. The van der Waals surface area contributed by atoms with Gasteiger partial charge in [-0.25, -0.2) is 0 Å². The first-order valence-corrected chi connectivity index (χ1v) is 3.03. The van der Waals surface area contributed by atoms with E-state index in [1.54, 1.807) is 0 Å². The van der Waals surface area contributed by atoms with Crippen LogP contribution >= 0.6 is 0 Å². The smallest absolute Gasteiger partial charge is 0.00135 e. The van der Waals surface area contributed by atoms with Gasteiger partial charge in [0.05, 0.1) is 0 Å². The molecular weight excluding hydrogens is 98.1 g/mol. The van der Waals surface area contributed by atoms with Crippen molar-refractivity contribution in [2.24, 2.45) is 5.73 Å². The maximum absolute atomic E-state index is 5.50. The van der Waals surface area contributed by atoms with Crippen LogP contribution in [0, 0.1) is 0 Å². The molecule has 48 valence electrons. The molecule has 0 amide bonds. The molecule has 0 fully saturated rings. The minimum atomic E-state index is 0.326. The fraction of sp³-hybridized carbons (Fsp3) is 0.714. The summed E-state index contributed by atoms with van der Waals surface area (Å²) in [7, 11) is 0. The zero-order valence-corrected chi connectivity index (χ0v) is 5.78. The van der Waals surface area contributed by atoms with Crippen molar-refractivity contribution >= 4 is 0 Å². The third-order valence-electron chi connectivity index (χ3n) is 1.03. The SMILES string of the molecule is C=C(C)CC[C@@H](C)N. The lowest BCUT2D eigenvalue weighted by atomic mass is 10.1. The van der Waals surface area contributed by atoms with Gasteiger partial charge in [0.15, 0.2) is 0 Å². The standard InChI is InChI=1S/C7H15N/c1-6(2)4-5-7(3)8/h7H,1,4-5,8H2,2-3H3/t7-/m1/s1. The third-order valence-corrected chi connectivity index (χ3v) is 1.03. The minimum Gasteiger partial charge on any atom is -0.328 e. The van der Waals surface area contributed by atoms with E-state index in [0.29, 0.717) is 6.04 Å². The molecule has 0 saturated carbocycles. The van der Waals surface area contributed by atoms with Gasteiger partial charge < -0.3 is 5.73 Å². The highest BCUT2D eigenvalue weighted by Crippen LogP contribution is 2.01. The van der Waals surface area contributed by atoms with E-state index in [9.17, 15) is 0 Å². The lowest BCUT2D eigenvalue weighted by Crippen LogP contribution is -2.13. The highest BCUT2D eigenvalue weighted by atomic mass is 14.6. The number of allylic oxidation sites excluding steroid dienone is 1. The van der Waals surface area contributed by atoms with Gasteiger partial charge in [-0.05, 0) is 26.7 Å². The molecule has 0 radical (unpaired) electrons. The Morgan fingerprint density at radius 2 is 2.25 bits per heavy atom. The van der Waals surface area contributed by atoms with Crippen LogP contribution in [0.25, 0.3) is 0 Å². The van der Waals surface area contributed by atoms with Gasteiger partial charge in [0.2, 0.25) is 0 Å². The van der Waals surface area contributed by atoms with E-state index < -0.39 is 0 Å². The van der Waals surface area contributed by atoms with Crippen LogP contribution in [0.3, 0.4) is 0 Å². The Bertz CT molecular complexity index is 74.5. The Balaban J connectivity index is 3.05. The Hall–Kier alpha value is -0.300. The summed E-state index contributed by atoms with van der Waals surface area (Å²) in [5, 5.41) is 0. The maximum atomic E-state index is 5.50. The second-order valence-electron chi connectivity index (χ2n) is 2.47. The first kappa shape index (κ1) is 7.70. The highest BCUT2D eigenvalue weighted by molar-refractivity contribution is 4.88. The van der Waals surface area contributed by atoms with Crippen molar-refractivity contribution in [1.82, 2.24) is 0 Å². The van der Waals surface area contributed by atoms with Crippen LogP contribution in [0.1, 0.15) is 26.7 Å². The highest BCUT2D eigenvalue weighted by Gasteiger charge is 1.91. The number of hydrogen-bond donors (Lipinski definition) is 1. The van der Waals surface area contributed by atoms with Crippen molar-refractivity contribution in [2.45, 2.75) is 32.7 Å². The normalized spacial score (nSPS) is 13.4. The predicted octanol–water partition coefficient (Wildman–Crippen LogP) is 1.69. The molecule has 8 heavy (non-hydrogen) atoms. The predicted molar refractivity (Wildman–Crippen MR) is 37.7 cm³/mol. The molecule has 0 rings (SSSR count). The first-order chi connectivity index (χ1) is 3.63. The lowest BCUT2D eigenvalue weighted by molar-refractivity contribution is 0.664. The molecule has 0 aliphatic rings. The molecule has 0 heterocycles. The minimum absolute atomic E-state index is 0.326. The van der Waals surface area contributed by atoms with Crippen LogP contribution in [0.5, 0.6) is 0 Å². The van der Waals surface area contributed by atoms with Gasteiger partial charge in [0.1, 0.15) is 0 Å². The molecule has 2 N–H and O–H groups in total. The van der Waals surface area contributed by atoms with E-state index in [0.717, 1.165) is 12.8 Å². The van der Waals surface area contributed by atoms with Crippen LogP contribution in [0.4, 0.5) is 0 Å². The van der Waals surface area contributed by atoms with Crippen molar-refractivity contribution < 1.29 is 0 Å². The van der Waals surface area contributed by atoms with Crippen molar-refractivity contribution in [3.63, 3.8) is 0 Å². The van der Waals surface area contributed by atoms with Gasteiger partial charge in [-0.3, -0.25) is 0 Å². The van der Waals surface area contributed by atoms with Crippen LogP contribution in [0.15, 0.2) is 12.2 Å². The van der Waals surface area contributed by atoms with Crippen molar-refractivity contribution in [3.8, 4) is 0 Å². The van der Waals surface area contributed by atoms with E-state index in [1.165, 1.54) is 5.57 Å². The van der Waals surface area contributed by atoms with E-state index in [1.807, 2.05) is 13.8 Å². The quantitative estimate of drug-likeness (QED) is 0.554. The van der Waals surface area contributed by atoms with Crippen LogP contribution in [0.2, 0.25) is 0 Å². The monoisotopic (exact) mass is 113 g/mol. The Morgan fingerprint density at radius 3 is 2.38 bits per heavy atom. The topological polar surface area (TPSA) is 26.0 Å². The maximum Gasteiger partial charge on any atom is 0.00135 e. The Morgan fingerprint density at radius 1 is 1.75 bits per heavy atom. The summed E-state index contributed by atoms with van der Waals surface area (Å²) in [5.41, 5.74) is 6.72. The van der Waals surface area contributed by atoms with Gasteiger partial charge in [-0.2, -0.15) is 0 Å². The van der Waals surface area contributed by atoms with Gasteiger partial charge in [-0.1, -0.05) is 5.57 Å². The van der Waals surface area contributed by atoms with E-state index in [2.05, 4.69) is 6.58 Å². The fourth-order valence-electron chi connectivity index (χ4n) is 0.474. The largest absolute Gasteiger partial charge is 0.328 e. The average molecular weight is 113 g/mol. The van der Waals surface area contributed by atoms with Gasteiger partial charge in [0.25, 0.3) is 0 Å². The first-order valence-electron chi connectivity index (χ1n) is 3.03. The lowest BCUT2D eigenvalue weighted by Gasteiger charge is -2.01. The second-order valence-corrected chi connectivity index (χ2v) is 2.47. The molecule has 1 atom stereocenters. The van der Waals surface area contributed by atoms with E-state index >= 15 is 0 Å². The molecule has 1 heteroatoms. The number of nitrogens with two attached hydrogens (primary N) is 1. The molecule has 1 nitrogen and oxygen atoms in total.